The molecule has 1 saturated heterocycles. The molecule has 2 amide bonds. The fourth-order valence-electron chi connectivity index (χ4n) is 4.28. The van der Waals surface area contributed by atoms with Crippen LogP contribution in [0.3, 0.4) is 0 Å². The minimum atomic E-state index is -0.0488. The maximum Gasteiger partial charge on any atom is 0.253 e. The van der Waals surface area contributed by atoms with E-state index < -0.39 is 0 Å². The second-order valence-corrected chi connectivity index (χ2v) is 9.38. The van der Waals surface area contributed by atoms with Crippen molar-refractivity contribution in [2.75, 3.05) is 19.7 Å². The Morgan fingerprint density at radius 1 is 1.08 bits per heavy atom. The van der Waals surface area contributed by atoms with Gasteiger partial charge in [-0.05, 0) is 55.5 Å². The molecule has 0 unspecified atom stereocenters. The fraction of sp³-hybridized carbons (Fsp3) is 0.429. The highest BCUT2D eigenvalue weighted by Crippen LogP contribution is 2.21. The average Bonchev–Trinajstić information content (AvgIpc) is 3.37. The lowest BCUT2D eigenvalue weighted by atomic mass is 10.0. The van der Waals surface area contributed by atoms with Gasteiger partial charge in [-0.1, -0.05) is 43.3 Å². The van der Waals surface area contributed by atoms with Crippen molar-refractivity contribution in [2.45, 2.75) is 58.4 Å². The maximum atomic E-state index is 12.8. The van der Waals surface area contributed by atoms with Crippen LogP contribution in [0.15, 0.2) is 53.1 Å². The van der Waals surface area contributed by atoms with E-state index in [-0.39, 0.29) is 24.3 Å². The molecule has 1 N–H and O–H groups in total. The lowest BCUT2D eigenvalue weighted by Crippen LogP contribution is -2.46. The highest BCUT2D eigenvalue weighted by molar-refractivity contribution is 5.94. The van der Waals surface area contributed by atoms with Crippen molar-refractivity contribution < 1.29 is 18.8 Å². The van der Waals surface area contributed by atoms with Crippen LogP contribution in [0.4, 0.5) is 0 Å². The normalized spacial score (nSPS) is 14.2. The molecule has 36 heavy (non-hydrogen) atoms. The molecule has 3 aromatic rings. The molecule has 0 aliphatic carbocycles. The van der Waals surface area contributed by atoms with E-state index in [2.05, 4.69) is 41.4 Å². The number of nitrogens with zero attached hydrogens (tertiary/aromatic N) is 3. The number of amides is 2. The van der Waals surface area contributed by atoms with E-state index in [9.17, 15) is 9.59 Å². The van der Waals surface area contributed by atoms with Crippen LogP contribution < -0.4 is 10.1 Å². The Bertz CT molecular complexity index is 1150. The Balaban J connectivity index is 1.20. The van der Waals surface area contributed by atoms with E-state index in [0.29, 0.717) is 49.3 Å². The topological polar surface area (TPSA) is 97.6 Å². The zero-order valence-corrected chi connectivity index (χ0v) is 21.2. The third-order valence-corrected chi connectivity index (χ3v) is 6.43. The van der Waals surface area contributed by atoms with E-state index >= 15 is 0 Å². The van der Waals surface area contributed by atoms with Gasteiger partial charge in [0.25, 0.3) is 5.91 Å². The number of ether oxygens (including phenoxy) is 1. The molecular weight excluding hydrogens is 456 g/mol. The van der Waals surface area contributed by atoms with Gasteiger partial charge in [-0.2, -0.15) is 4.98 Å². The Hall–Kier alpha value is -3.68. The molecule has 4 rings (SSSR count). The lowest BCUT2D eigenvalue weighted by molar-refractivity contribution is -0.122. The standard InChI is InChI=1S/C28H34N4O4/c1-4-35-24-11-9-22(10-12-24)28(34)32-17-15-23(16-18-32)29-25(33)13-14-26-30-27(31-36-26)21-7-5-20(6-8-21)19(2)3/h5-12,19,23H,4,13-18H2,1-3H3,(H,29,33). The highest BCUT2D eigenvalue weighted by atomic mass is 16.5. The third kappa shape index (κ3) is 6.50. The number of hydrogen-bond acceptors (Lipinski definition) is 6. The van der Waals surface area contributed by atoms with Crippen molar-refractivity contribution in [3.8, 4) is 17.1 Å². The largest absolute Gasteiger partial charge is 0.494 e. The van der Waals surface area contributed by atoms with E-state index in [1.54, 1.807) is 12.1 Å². The average molecular weight is 491 g/mol. The van der Waals surface area contributed by atoms with E-state index in [1.165, 1.54) is 5.56 Å². The molecule has 0 spiro atoms. The summed E-state index contributed by atoms with van der Waals surface area (Å²) in [7, 11) is 0. The number of aryl methyl sites for hydroxylation is 1. The number of hydrogen-bond donors (Lipinski definition) is 1. The SMILES string of the molecule is CCOc1ccc(C(=O)N2CCC(NC(=O)CCc3nc(-c4ccc(C(C)C)cc4)no3)CC2)cc1. The molecule has 0 saturated carbocycles. The molecule has 1 aromatic heterocycles. The van der Waals surface area contributed by atoms with Crippen molar-refractivity contribution in [1.29, 1.82) is 0 Å². The lowest BCUT2D eigenvalue weighted by Gasteiger charge is -2.32. The van der Waals surface area contributed by atoms with Crippen molar-refractivity contribution in [2.24, 2.45) is 0 Å². The second kappa shape index (κ2) is 11.8. The van der Waals surface area contributed by atoms with Gasteiger partial charge in [-0.25, -0.2) is 0 Å². The summed E-state index contributed by atoms with van der Waals surface area (Å²) in [5.74, 6) is 2.16. The molecular formula is C28H34N4O4. The third-order valence-electron chi connectivity index (χ3n) is 6.43. The van der Waals surface area contributed by atoms with Crippen LogP contribution in [-0.2, 0) is 11.2 Å². The Labute approximate surface area is 212 Å². The summed E-state index contributed by atoms with van der Waals surface area (Å²) in [4.78, 5) is 31.6. The van der Waals surface area contributed by atoms with Crippen molar-refractivity contribution in [1.82, 2.24) is 20.4 Å². The van der Waals surface area contributed by atoms with E-state index in [4.69, 9.17) is 9.26 Å². The molecule has 8 heteroatoms. The van der Waals surface area contributed by atoms with Crippen LogP contribution in [-0.4, -0.2) is 52.6 Å². The quantitative estimate of drug-likeness (QED) is 0.470. The summed E-state index contributed by atoms with van der Waals surface area (Å²) in [5, 5.41) is 7.14. The van der Waals surface area contributed by atoms with Crippen LogP contribution in [0.2, 0.25) is 0 Å². The minimum absolute atomic E-state index is 0.00821. The molecule has 2 heterocycles. The van der Waals surface area contributed by atoms with Gasteiger partial charge in [-0.15, -0.1) is 0 Å². The van der Waals surface area contributed by atoms with Crippen LogP contribution in [0.25, 0.3) is 11.4 Å². The van der Waals surface area contributed by atoms with Crippen molar-refractivity contribution in [3.05, 3.63) is 65.5 Å². The molecule has 1 fully saturated rings. The predicted molar refractivity (Wildman–Crippen MR) is 137 cm³/mol. The summed E-state index contributed by atoms with van der Waals surface area (Å²) in [5.41, 5.74) is 2.80. The smallest absolute Gasteiger partial charge is 0.253 e. The van der Waals surface area contributed by atoms with Gasteiger partial charge in [-0.3, -0.25) is 9.59 Å². The summed E-state index contributed by atoms with van der Waals surface area (Å²) in [6.45, 7) is 8.04. The Morgan fingerprint density at radius 2 is 1.78 bits per heavy atom. The predicted octanol–water partition coefficient (Wildman–Crippen LogP) is 4.61. The van der Waals surface area contributed by atoms with Gasteiger partial charge in [0.1, 0.15) is 5.75 Å². The first-order valence-electron chi connectivity index (χ1n) is 12.7. The van der Waals surface area contributed by atoms with Gasteiger partial charge in [0.15, 0.2) is 0 Å². The van der Waals surface area contributed by atoms with Crippen molar-refractivity contribution in [3.63, 3.8) is 0 Å². The number of piperidine rings is 1. The number of aromatic nitrogens is 2. The molecule has 1 aliphatic rings. The summed E-state index contributed by atoms with van der Waals surface area (Å²) < 4.78 is 10.8. The van der Waals surface area contributed by atoms with Gasteiger partial charge < -0.3 is 19.5 Å². The number of benzene rings is 2. The number of rotatable bonds is 9. The number of likely N-dealkylation sites (tertiary alicyclic amines) is 1. The minimum Gasteiger partial charge on any atom is -0.494 e. The van der Waals surface area contributed by atoms with E-state index in [1.807, 2.05) is 36.1 Å². The zero-order valence-electron chi connectivity index (χ0n) is 21.2. The number of nitrogens with one attached hydrogen (secondary N) is 1. The first-order chi connectivity index (χ1) is 17.4. The number of carbonyl (C=O) groups excluding carboxylic acids is 2. The molecule has 0 atom stereocenters. The van der Waals surface area contributed by atoms with Gasteiger partial charge in [0, 0.05) is 43.1 Å². The summed E-state index contributed by atoms with van der Waals surface area (Å²) >= 11 is 0. The molecule has 8 nitrogen and oxygen atoms in total. The molecule has 0 radical (unpaired) electrons. The monoisotopic (exact) mass is 490 g/mol. The molecule has 1 aliphatic heterocycles. The van der Waals surface area contributed by atoms with Crippen LogP contribution in [0.5, 0.6) is 5.75 Å². The van der Waals surface area contributed by atoms with Gasteiger partial charge in [0.2, 0.25) is 17.6 Å². The molecule has 2 aromatic carbocycles. The van der Waals surface area contributed by atoms with Crippen LogP contribution in [0.1, 0.15) is 67.8 Å². The second-order valence-electron chi connectivity index (χ2n) is 9.38. The zero-order chi connectivity index (χ0) is 25.5. The Kier molecular flexibility index (Phi) is 8.36. The molecule has 190 valence electrons. The number of carbonyl (C=O) groups is 2. The summed E-state index contributed by atoms with van der Waals surface area (Å²) in [6, 6.07) is 15.4. The van der Waals surface area contributed by atoms with Gasteiger partial charge in [0.05, 0.1) is 6.61 Å². The first kappa shape index (κ1) is 25.4. The van der Waals surface area contributed by atoms with Crippen molar-refractivity contribution >= 4 is 11.8 Å². The fourth-order valence-corrected chi connectivity index (χ4v) is 4.28. The van der Waals surface area contributed by atoms with E-state index in [0.717, 1.165) is 24.2 Å². The Morgan fingerprint density at radius 3 is 2.42 bits per heavy atom. The molecule has 0 bridgehead atoms. The van der Waals surface area contributed by atoms with Crippen LogP contribution in [0, 0.1) is 0 Å². The maximum absolute atomic E-state index is 12.8. The summed E-state index contributed by atoms with van der Waals surface area (Å²) in [6.07, 6.45) is 2.12. The first-order valence-corrected chi connectivity index (χ1v) is 12.7. The van der Waals surface area contributed by atoms with Crippen LogP contribution >= 0.6 is 0 Å². The highest BCUT2D eigenvalue weighted by Gasteiger charge is 2.25. The van der Waals surface area contributed by atoms with Gasteiger partial charge >= 0.3 is 0 Å².